The molecule has 5 N–H and O–H groups in total. The number of nitrogens with zero attached hydrogens (tertiary/aromatic N) is 1. The molecule has 0 unspecified atom stereocenters. The van der Waals surface area contributed by atoms with Crippen LogP contribution in [0.15, 0.2) is 36.5 Å². The fourth-order valence-corrected chi connectivity index (χ4v) is 2.44. The van der Waals surface area contributed by atoms with Crippen LogP contribution in [0.3, 0.4) is 0 Å². The highest BCUT2D eigenvalue weighted by atomic mass is 19.2. The predicted octanol–water partition coefficient (Wildman–Crippen LogP) is 1.45. The SMILES string of the molecule is CC[C@@](C)(O)C(=O)N[C@@H](Cc1ccc(F)c(F)c1)C(=O)NCc1ccc(N)nc1. The van der Waals surface area contributed by atoms with Gasteiger partial charge in [0, 0.05) is 19.2 Å². The Hall–Kier alpha value is -3.07. The molecule has 2 aromatic rings. The fraction of sp³-hybridized carbons (Fsp3) is 0.350. The van der Waals surface area contributed by atoms with Crippen LogP contribution in [0, 0.1) is 11.6 Å². The van der Waals surface area contributed by atoms with Gasteiger partial charge in [-0.2, -0.15) is 0 Å². The van der Waals surface area contributed by atoms with Gasteiger partial charge in [-0.1, -0.05) is 19.1 Å². The number of rotatable bonds is 8. The van der Waals surface area contributed by atoms with Gasteiger partial charge in [-0.25, -0.2) is 13.8 Å². The van der Waals surface area contributed by atoms with Crippen molar-refractivity contribution in [1.82, 2.24) is 15.6 Å². The number of aromatic nitrogens is 1. The molecule has 0 radical (unpaired) electrons. The van der Waals surface area contributed by atoms with Crippen molar-refractivity contribution in [2.45, 2.75) is 44.9 Å². The molecule has 7 nitrogen and oxygen atoms in total. The van der Waals surface area contributed by atoms with E-state index in [0.717, 1.165) is 12.1 Å². The number of carbonyl (C=O) groups is 2. The number of amides is 2. The van der Waals surface area contributed by atoms with Crippen LogP contribution in [0.5, 0.6) is 0 Å². The van der Waals surface area contributed by atoms with E-state index in [1.165, 1.54) is 19.2 Å². The smallest absolute Gasteiger partial charge is 0.252 e. The molecular formula is C20H24F2N4O3. The van der Waals surface area contributed by atoms with E-state index in [-0.39, 0.29) is 19.4 Å². The Kier molecular flexibility index (Phi) is 7.22. The maximum atomic E-state index is 13.5. The summed E-state index contributed by atoms with van der Waals surface area (Å²) in [7, 11) is 0. The Morgan fingerprint density at radius 3 is 2.48 bits per heavy atom. The van der Waals surface area contributed by atoms with Gasteiger partial charge in [0.1, 0.15) is 17.5 Å². The van der Waals surface area contributed by atoms with Crippen LogP contribution in [0.25, 0.3) is 0 Å². The Balaban J connectivity index is 2.15. The number of nitrogens with one attached hydrogen (secondary N) is 2. The van der Waals surface area contributed by atoms with Crippen LogP contribution in [0.2, 0.25) is 0 Å². The van der Waals surface area contributed by atoms with E-state index < -0.39 is 35.1 Å². The molecule has 0 bridgehead atoms. The number of nitrogens with two attached hydrogens (primary N) is 1. The van der Waals surface area contributed by atoms with Gasteiger partial charge in [-0.15, -0.1) is 0 Å². The standard InChI is InChI=1S/C20H24F2N4O3/c1-3-20(2,29)19(28)26-16(9-12-4-6-14(21)15(22)8-12)18(27)25-11-13-5-7-17(23)24-10-13/h4-8,10,16,29H,3,9,11H2,1-2H3,(H2,23,24)(H,25,27)(H,26,28)/t16-,20+/m0/s1. The minimum Gasteiger partial charge on any atom is -0.384 e. The van der Waals surface area contributed by atoms with Crippen LogP contribution in [0.1, 0.15) is 31.4 Å². The van der Waals surface area contributed by atoms with E-state index in [2.05, 4.69) is 15.6 Å². The van der Waals surface area contributed by atoms with Crippen LogP contribution in [0.4, 0.5) is 14.6 Å². The van der Waals surface area contributed by atoms with Gasteiger partial charge in [-0.05, 0) is 42.7 Å². The van der Waals surface area contributed by atoms with Crippen molar-refractivity contribution in [3.05, 3.63) is 59.3 Å². The molecule has 1 aromatic heterocycles. The molecule has 0 aliphatic rings. The Labute approximate surface area is 167 Å². The molecule has 0 saturated carbocycles. The number of benzene rings is 1. The van der Waals surface area contributed by atoms with Crippen molar-refractivity contribution in [3.8, 4) is 0 Å². The Morgan fingerprint density at radius 2 is 1.90 bits per heavy atom. The molecule has 0 saturated heterocycles. The summed E-state index contributed by atoms with van der Waals surface area (Å²) in [5, 5.41) is 15.3. The number of halogens is 2. The van der Waals surface area contributed by atoms with E-state index in [9.17, 15) is 23.5 Å². The molecule has 2 atom stereocenters. The highest BCUT2D eigenvalue weighted by Crippen LogP contribution is 2.13. The Bertz CT molecular complexity index is 873. The van der Waals surface area contributed by atoms with Crippen molar-refractivity contribution in [1.29, 1.82) is 0 Å². The van der Waals surface area contributed by atoms with Crippen molar-refractivity contribution < 1.29 is 23.5 Å². The molecule has 0 fully saturated rings. The van der Waals surface area contributed by atoms with Crippen LogP contribution in [-0.2, 0) is 22.6 Å². The minimum absolute atomic E-state index is 0.0887. The van der Waals surface area contributed by atoms with Crippen molar-refractivity contribution >= 4 is 17.6 Å². The quantitative estimate of drug-likeness (QED) is 0.529. The second kappa shape index (κ2) is 9.42. The predicted molar refractivity (Wildman–Crippen MR) is 103 cm³/mol. The largest absolute Gasteiger partial charge is 0.384 e. The average molecular weight is 406 g/mol. The molecule has 1 heterocycles. The first kappa shape index (κ1) is 22.2. The zero-order chi connectivity index (χ0) is 21.6. The number of anilines is 1. The maximum absolute atomic E-state index is 13.5. The van der Waals surface area contributed by atoms with Gasteiger partial charge in [0.2, 0.25) is 5.91 Å². The molecule has 29 heavy (non-hydrogen) atoms. The van der Waals surface area contributed by atoms with Crippen LogP contribution in [-0.4, -0.2) is 33.5 Å². The van der Waals surface area contributed by atoms with E-state index >= 15 is 0 Å². The molecule has 0 aliphatic carbocycles. The summed E-state index contributed by atoms with van der Waals surface area (Å²) in [6.07, 6.45) is 1.55. The van der Waals surface area contributed by atoms with Gasteiger partial charge in [0.05, 0.1) is 0 Å². The molecule has 9 heteroatoms. The Morgan fingerprint density at radius 1 is 1.21 bits per heavy atom. The summed E-state index contributed by atoms with van der Waals surface area (Å²) < 4.78 is 26.7. The summed E-state index contributed by atoms with van der Waals surface area (Å²) in [5.41, 5.74) is 4.85. The maximum Gasteiger partial charge on any atom is 0.252 e. The van der Waals surface area contributed by atoms with E-state index in [0.29, 0.717) is 16.9 Å². The lowest BCUT2D eigenvalue weighted by Gasteiger charge is -2.25. The first-order valence-electron chi connectivity index (χ1n) is 9.07. The topological polar surface area (TPSA) is 117 Å². The van der Waals surface area contributed by atoms with Gasteiger partial charge < -0.3 is 21.5 Å². The summed E-state index contributed by atoms with van der Waals surface area (Å²) >= 11 is 0. The first-order chi connectivity index (χ1) is 13.6. The third kappa shape index (κ3) is 6.21. The van der Waals surface area contributed by atoms with Gasteiger partial charge in [0.15, 0.2) is 11.6 Å². The normalized spacial score (nSPS) is 14.0. The minimum atomic E-state index is -1.67. The first-order valence-corrected chi connectivity index (χ1v) is 9.07. The highest BCUT2D eigenvalue weighted by Gasteiger charge is 2.32. The van der Waals surface area contributed by atoms with Crippen LogP contribution >= 0.6 is 0 Å². The lowest BCUT2D eigenvalue weighted by molar-refractivity contribution is -0.141. The zero-order valence-corrected chi connectivity index (χ0v) is 16.2. The van der Waals surface area contributed by atoms with Crippen molar-refractivity contribution in [2.75, 3.05) is 5.73 Å². The summed E-state index contributed by atoms with van der Waals surface area (Å²) in [6.45, 7) is 3.08. The lowest BCUT2D eigenvalue weighted by Crippen LogP contribution is -2.54. The summed E-state index contributed by atoms with van der Waals surface area (Å²) in [4.78, 5) is 28.9. The molecule has 2 amide bonds. The summed E-state index contributed by atoms with van der Waals surface area (Å²) in [5.74, 6) is -3.01. The lowest BCUT2D eigenvalue weighted by atomic mass is 10.00. The van der Waals surface area contributed by atoms with Crippen molar-refractivity contribution in [3.63, 3.8) is 0 Å². The number of pyridine rings is 1. The highest BCUT2D eigenvalue weighted by molar-refractivity contribution is 5.91. The molecule has 0 aliphatic heterocycles. The van der Waals surface area contributed by atoms with Gasteiger partial charge in [0.25, 0.3) is 5.91 Å². The molecule has 2 rings (SSSR count). The monoisotopic (exact) mass is 406 g/mol. The van der Waals surface area contributed by atoms with Crippen LogP contribution < -0.4 is 16.4 Å². The number of hydrogen-bond acceptors (Lipinski definition) is 5. The summed E-state index contributed by atoms with van der Waals surface area (Å²) in [6, 6.07) is 5.40. The fourth-order valence-electron chi connectivity index (χ4n) is 2.44. The number of carbonyl (C=O) groups excluding carboxylic acids is 2. The third-order valence-corrected chi connectivity index (χ3v) is 4.54. The van der Waals surface area contributed by atoms with Gasteiger partial charge >= 0.3 is 0 Å². The molecule has 1 aromatic carbocycles. The number of nitrogen functional groups attached to an aromatic ring is 1. The number of aliphatic hydroxyl groups is 1. The second-order valence-corrected chi connectivity index (χ2v) is 6.92. The molecule has 0 spiro atoms. The van der Waals surface area contributed by atoms with E-state index in [1.807, 2.05) is 0 Å². The number of hydrogen-bond donors (Lipinski definition) is 4. The second-order valence-electron chi connectivity index (χ2n) is 6.92. The third-order valence-electron chi connectivity index (χ3n) is 4.54. The van der Waals surface area contributed by atoms with Gasteiger partial charge in [-0.3, -0.25) is 9.59 Å². The van der Waals surface area contributed by atoms with E-state index in [4.69, 9.17) is 5.73 Å². The van der Waals surface area contributed by atoms with E-state index in [1.54, 1.807) is 19.1 Å². The average Bonchev–Trinajstić information content (AvgIpc) is 2.69. The molecular weight excluding hydrogens is 382 g/mol. The zero-order valence-electron chi connectivity index (χ0n) is 16.2. The van der Waals surface area contributed by atoms with Crippen molar-refractivity contribution in [2.24, 2.45) is 0 Å². The molecule has 156 valence electrons.